The predicted molar refractivity (Wildman–Crippen MR) is 78.7 cm³/mol. The first-order chi connectivity index (χ1) is 9.99. The second-order valence-corrected chi connectivity index (χ2v) is 6.29. The Bertz CT molecular complexity index is 520. The molecule has 1 aromatic carbocycles. The van der Waals surface area contributed by atoms with Crippen LogP contribution in [0.4, 0.5) is 4.39 Å². The van der Waals surface area contributed by atoms with Crippen LogP contribution >= 0.6 is 11.8 Å². The highest BCUT2D eigenvalue weighted by Crippen LogP contribution is 2.25. The number of amides is 1. The normalized spacial score (nSPS) is 19.5. The molecule has 1 N–H and O–H groups in total. The largest absolute Gasteiger partial charge is 0.480 e. The monoisotopic (exact) mass is 311 g/mol. The molecule has 6 heteroatoms. The number of halogens is 1. The van der Waals surface area contributed by atoms with Crippen LogP contribution in [-0.2, 0) is 9.59 Å². The number of carbonyl (C=O) groups is 2. The molecule has 2 rings (SSSR count). The van der Waals surface area contributed by atoms with Crippen molar-refractivity contribution >= 4 is 23.6 Å². The highest BCUT2D eigenvalue weighted by atomic mass is 32.2. The average Bonchev–Trinajstić information content (AvgIpc) is 2.95. The molecule has 1 fully saturated rings. The summed E-state index contributed by atoms with van der Waals surface area (Å²) >= 11 is 1.47. The highest BCUT2D eigenvalue weighted by molar-refractivity contribution is 7.99. The summed E-state index contributed by atoms with van der Waals surface area (Å²) in [5.74, 6) is -1.05. The van der Waals surface area contributed by atoms with E-state index < -0.39 is 12.0 Å². The Kier molecular flexibility index (Phi) is 5.22. The van der Waals surface area contributed by atoms with E-state index in [2.05, 4.69) is 0 Å². The van der Waals surface area contributed by atoms with Crippen molar-refractivity contribution in [2.24, 2.45) is 5.92 Å². The van der Waals surface area contributed by atoms with E-state index in [1.165, 1.54) is 28.8 Å². The van der Waals surface area contributed by atoms with Gasteiger partial charge in [-0.25, -0.2) is 9.18 Å². The third-order valence-electron chi connectivity index (χ3n) is 3.56. The van der Waals surface area contributed by atoms with Crippen molar-refractivity contribution < 1.29 is 19.1 Å². The molecule has 0 saturated carbocycles. The number of likely N-dealkylation sites (tertiary alicyclic amines) is 1. The van der Waals surface area contributed by atoms with Crippen molar-refractivity contribution in [2.45, 2.75) is 30.7 Å². The quantitative estimate of drug-likeness (QED) is 0.849. The number of carboxylic acid groups (broad SMARTS) is 1. The van der Waals surface area contributed by atoms with Gasteiger partial charge in [-0.2, -0.15) is 0 Å². The predicted octanol–water partition coefficient (Wildman–Crippen LogP) is 2.63. The zero-order chi connectivity index (χ0) is 15.4. The number of hydrogen-bond donors (Lipinski definition) is 1. The number of hydrogen-bond acceptors (Lipinski definition) is 3. The van der Waals surface area contributed by atoms with Crippen LogP contribution in [0.5, 0.6) is 0 Å². The zero-order valence-corrected chi connectivity index (χ0v) is 12.6. The molecule has 0 spiro atoms. The van der Waals surface area contributed by atoms with E-state index in [-0.39, 0.29) is 17.6 Å². The number of carbonyl (C=O) groups excluding carboxylic acids is 1. The summed E-state index contributed by atoms with van der Waals surface area (Å²) in [6, 6.07) is 5.43. The van der Waals surface area contributed by atoms with Crippen molar-refractivity contribution in [3.8, 4) is 0 Å². The first-order valence-corrected chi connectivity index (χ1v) is 7.89. The summed E-state index contributed by atoms with van der Waals surface area (Å²) in [6.45, 7) is 2.32. The van der Waals surface area contributed by atoms with Gasteiger partial charge in [0.1, 0.15) is 11.9 Å². The van der Waals surface area contributed by atoms with Crippen LogP contribution in [0.15, 0.2) is 29.2 Å². The number of aliphatic carboxylic acids is 1. The molecule has 4 nitrogen and oxygen atoms in total. The molecule has 2 atom stereocenters. The maximum atomic E-state index is 12.8. The number of benzene rings is 1. The van der Waals surface area contributed by atoms with Gasteiger partial charge in [-0.05, 0) is 37.1 Å². The SMILES string of the molecule is CC(CSc1ccc(F)cc1)C(=O)N1CCC[C@H]1C(=O)O. The smallest absolute Gasteiger partial charge is 0.326 e. The van der Waals surface area contributed by atoms with Crippen LogP contribution < -0.4 is 0 Å². The topological polar surface area (TPSA) is 57.6 Å². The summed E-state index contributed by atoms with van der Waals surface area (Å²) in [7, 11) is 0. The Morgan fingerprint density at radius 2 is 2.10 bits per heavy atom. The molecule has 114 valence electrons. The number of rotatable bonds is 5. The fourth-order valence-electron chi connectivity index (χ4n) is 2.39. The maximum absolute atomic E-state index is 12.8. The van der Waals surface area contributed by atoms with E-state index >= 15 is 0 Å². The summed E-state index contributed by atoms with van der Waals surface area (Å²) in [4.78, 5) is 25.8. The van der Waals surface area contributed by atoms with Crippen LogP contribution in [0, 0.1) is 11.7 Å². The Labute approximate surface area is 127 Å². The molecule has 1 aliphatic rings. The van der Waals surface area contributed by atoms with Gasteiger partial charge in [0, 0.05) is 23.1 Å². The molecular weight excluding hydrogens is 293 g/mol. The van der Waals surface area contributed by atoms with Crippen LogP contribution in [0.2, 0.25) is 0 Å². The molecule has 1 amide bonds. The molecule has 1 heterocycles. The molecule has 0 radical (unpaired) electrons. The van der Waals surface area contributed by atoms with Gasteiger partial charge in [0.2, 0.25) is 5.91 Å². The second kappa shape index (κ2) is 6.93. The van der Waals surface area contributed by atoms with Crippen LogP contribution in [0.1, 0.15) is 19.8 Å². The first kappa shape index (κ1) is 15.8. The zero-order valence-electron chi connectivity index (χ0n) is 11.8. The van der Waals surface area contributed by atoms with Crippen molar-refractivity contribution in [1.29, 1.82) is 0 Å². The van der Waals surface area contributed by atoms with E-state index in [0.717, 1.165) is 11.3 Å². The molecule has 1 aromatic rings. The molecule has 1 unspecified atom stereocenters. The fraction of sp³-hybridized carbons (Fsp3) is 0.467. The van der Waals surface area contributed by atoms with Crippen LogP contribution in [0.3, 0.4) is 0 Å². The number of thioether (sulfide) groups is 1. The summed E-state index contributed by atoms with van der Waals surface area (Å²) in [5.41, 5.74) is 0. The average molecular weight is 311 g/mol. The Morgan fingerprint density at radius 1 is 1.43 bits per heavy atom. The molecule has 0 aromatic heterocycles. The lowest BCUT2D eigenvalue weighted by atomic mass is 10.1. The van der Waals surface area contributed by atoms with Gasteiger partial charge < -0.3 is 10.0 Å². The first-order valence-electron chi connectivity index (χ1n) is 6.90. The Balaban J connectivity index is 1.90. The molecular formula is C15H18FNO3S. The minimum absolute atomic E-state index is 0.116. The minimum atomic E-state index is -0.931. The lowest BCUT2D eigenvalue weighted by Gasteiger charge is -2.24. The fourth-order valence-corrected chi connectivity index (χ4v) is 3.31. The lowest BCUT2D eigenvalue weighted by Crippen LogP contribution is -2.43. The number of nitrogens with zero attached hydrogens (tertiary/aromatic N) is 1. The van der Waals surface area contributed by atoms with Gasteiger partial charge in [0.15, 0.2) is 0 Å². The molecule has 1 aliphatic heterocycles. The molecule has 1 saturated heterocycles. The highest BCUT2D eigenvalue weighted by Gasteiger charge is 2.35. The minimum Gasteiger partial charge on any atom is -0.480 e. The summed E-state index contributed by atoms with van der Waals surface area (Å²) < 4.78 is 12.8. The lowest BCUT2D eigenvalue weighted by molar-refractivity contribution is -0.149. The van der Waals surface area contributed by atoms with Crippen LogP contribution in [0.25, 0.3) is 0 Å². The Morgan fingerprint density at radius 3 is 2.71 bits per heavy atom. The number of carboxylic acids is 1. The molecule has 0 bridgehead atoms. The van der Waals surface area contributed by atoms with E-state index in [4.69, 9.17) is 5.11 Å². The van der Waals surface area contributed by atoms with Gasteiger partial charge in [-0.3, -0.25) is 4.79 Å². The molecule has 21 heavy (non-hydrogen) atoms. The standard InChI is InChI=1S/C15H18FNO3S/c1-10(9-21-12-6-4-11(16)5-7-12)14(18)17-8-2-3-13(17)15(19)20/h4-7,10,13H,2-3,8-9H2,1H3,(H,19,20)/t10?,13-/m0/s1. The van der Waals surface area contributed by atoms with Crippen molar-refractivity contribution in [2.75, 3.05) is 12.3 Å². The second-order valence-electron chi connectivity index (χ2n) is 5.19. The van der Waals surface area contributed by atoms with Crippen molar-refractivity contribution in [3.63, 3.8) is 0 Å². The van der Waals surface area contributed by atoms with Gasteiger partial charge in [-0.1, -0.05) is 6.92 Å². The van der Waals surface area contributed by atoms with Gasteiger partial charge in [0.05, 0.1) is 0 Å². The van der Waals surface area contributed by atoms with E-state index in [1.54, 1.807) is 19.1 Å². The van der Waals surface area contributed by atoms with Gasteiger partial charge >= 0.3 is 5.97 Å². The van der Waals surface area contributed by atoms with Crippen molar-refractivity contribution in [1.82, 2.24) is 4.90 Å². The third kappa shape index (κ3) is 3.97. The Hall–Kier alpha value is -1.56. The summed E-state index contributed by atoms with van der Waals surface area (Å²) in [6.07, 6.45) is 1.26. The van der Waals surface area contributed by atoms with E-state index in [0.29, 0.717) is 18.7 Å². The van der Waals surface area contributed by atoms with Crippen LogP contribution in [-0.4, -0.2) is 40.2 Å². The van der Waals surface area contributed by atoms with E-state index in [9.17, 15) is 14.0 Å². The van der Waals surface area contributed by atoms with E-state index in [1.807, 2.05) is 0 Å². The van der Waals surface area contributed by atoms with Crippen molar-refractivity contribution in [3.05, 3.63) is 30.1 Å². The molecule has 0 aliphatic carbocycles. The summed E-state index contributed by atoms with van der Waals surface area (Å²) in [5, 5.41) is 9.11. The van der Waals surface area contributed by atoms with Gasteiger partial charge in [-0.15, -0.1) is 11.8 Å². The van der Waals surface area contributed by atoms with Gasteiger partial charge in [0.25, 0.3) is 0 Å². The third-order valence-corrected chi connectivity index (χ3v) is 4.83. The maximum Gasteiger partial charge on any atom is 0.326 e.